The van der Waals surface area contributed by atoms with Gasteiger partial charge in [0.1, 0.15) is 16.9 Å². The Morgan fingerprint density at radius 3 is 1.86 bits per heavy atom. The average Bonchev–Trinajstić information content (AvgIpc) is 4.03. The van der Waals surface area contributed by atoms with Gasteiger partial charge in [-0.2, -0.15) is 0 Å². The molecule has 1 spiro atoms. The van der Waals surface area contributed by atoms with Crippen molar-refractivity contribution in [2.75, 3.05) is 4.90 Å². The molecule has 0 N–H and O–H groups in total. The van der Waals surface area contributed by atoms with E-state index in [0.717, 1.165) is 72.6 Å². The lowest BCUT2D eigenvalue weighted by molar-refractivity contribution is 0.447. The Balaban J connectivity index is 0.960. The maximum Gasteiger partial charge on any atom is 0.150 e. The van der Waals surface area contributed by atoms with Gasteiger partial charge in [-0.05, 0) is 104 Å². The normalized spacial score (nSPS) is 13.2. The first-order chi connectivity index (χ1) is 32.2. The molecule has 0 saturated heterocycles. The van der Waals surface area contributed by atoms with Gasteiger partial charge in [-0.1, -0.05) is 170 Å². The second kappa shape index (κ2) is 13.9. The van der Waals surface area contributed by atoms with Crippen LogP contribution in [-0.2, 0) is 5.41 Å². The van der Waals surface area contributed by atoms with E-state index < -0.39 is 5.41 Å². The van der Waals surface area contributed by atoms with E-state index in [0.29, 0.717) is 0 Å². The molecule has 0 fully saturated rings. The zero-order chi connectivity index (χ0) is 42.6. The Morgan fingerprint density at radius 1 is 0.400 bits per heavy atom. The number of rotatable bonds is 5. The summed E-state index contributed by atoms with van der Waals surface area (Å²) in [5.41, 5.74) is 15.4. The molecule has 3 nitrogen and oxygen atoms in total. The van der Waals surface area contributed by atoms with Crippen LogP contribution >= 0.6 is 11.3 Å². The zero-order valence-electron chi connectivity index (χ0n) is 35.0. The fraction of sp³-hybridized carbons (Fsp3) is 0.0164. The van der Waals surface area contributed by atoms with Crippen molar-refractivity contribution in [3.63, 3.8) is 0 Å². The van der Waals surface area contributed by atoms with Crippen LogP contribution in [0.1, 0.15) is 21.6 Å². The molecule has 65 heavy (non-hydrogen) atoms. The van der Waals surface area contributed by atoms with Crippen LogP contribution in [0, 0.1) is 0 Å². The van der Waals surface area contributed by atoms with Crippen LogP contribution in [0.5, 0.6) is 11.5 Å². The zero-order valence-corrected chi connectivity index (χ0v) is 35.9. The number of hydrogen-bond acceptors (Lipinski definition) is 4. The van der Waals surface area contributed by atoms with Crippen molar-refractivity contribution in [1.82, 2.24) is 0 Å². The van der Waals surface area contributed by atoms with Crippen molar-refractivity contribution in [2.24, 2.45) is 0 Å². The molecule has 0 radical (unpaired) electrons. The standard InChI is InChI=1S/C61H37NO2S/c1-2-18-44-38(14-1)15-12-22-45(44)40-16-11-17-42(36-40)62(41-32-30-39(31-33-41)46-23-13-24-50-49-21-5-9-28-55(49)63-58(46)50)43-34-35-51-57(37-43)65-60-59(51)64-56-29-10-8-27-54(56)61(60)52-25-6-3-19-47(52)48-20-4-7-26-53(48)61/h1-37H. The molecule has 0 bridgehead atoms. The third-order valence-corrected chi connectivity index (χ3v) is 15.0. The van der Waals surface area contributed by atoms with Crippen molar-refractivity contribution in [1.29, 1.82) is 0 Å². The molecule has 1 aliphatic carbocycles. The van der Waals surface area contributed by atoms with Crippen molar-refractivity contribution in [3.05, 3.63) is 246 Å². The van der Waals surface area contributed by atoms with Crippen LogP contribution in [0.4, 0.5) is 17.1 Å². The van der Waals surface area contributed by atoms with Gasteiger partial charge in [0.05, 0.1) is 10.3 Å². The molecule has 1 aliphatic heterocycles. The highest BCUT2D eigenvalue weighted by atomic mass is 32.1. The Morgan fingerprint density at radius 2 is 1.02 bits per heavy atom. The number of ether oxygens (including phenoxy) is 1. The van der Waals surface area contributed by atoms with Gasteiger partial charge in [-0.25, -0.2) is 0 Å². The quantitative estimate of drug-likeness (QED) is 0.173. The number of hydrogen-bond donors (Lipinski definition) is 0. The van der Waals surface area contributed by atoms with Crippen molar-refractivity contribution in [3.8, 4) is 44.9 Å². The minimum Gasteiger partial charge on any atom is -0.455 e. The van der Waals surface area contributed by atoms with Crippen LogP contribution in [0.15, 0.2) is 229 Å². The first kappa shape index (κ1) is 36.3. The third kappa shape index (κ3) is 5.23. The number of thiophene rings is 1. The fourth-order valence-electron chi connectivity index (χ4n) is 10.9. The van der Waals surface area contributed by atoms with Crippen molar-refractivity contribution >= 4 is 71.2 Å². The highest BCUT2D eigenvalue weighted by molar-refractivity contribution is 7.19. The summed E-state index contributed by atoms with van der Waals surface area (Å²) in [5.74, 6) is 1.84. The average molecular weight is 848 g/mol. The molecule has 304 valence electrons. The minimum atomic E-state index is -0.508. The summed E-state index contributed by atoms with van der Waals surface area (Å²) in [6, 6.07) is 81.2. The Kier molecular flexibility index (Phi) is 7.77. The molecule has 14 rings (SSSR count). The van der Waals surface area contributed by atoms with Gasteiger partial charge in [-0.3, -0.25) is 0 Å². The summed E-state index contributed by atoms with van der Waals surface area (Å²) < 4.78 is 14.7. The van der Waals surface area contributed by atoms with Gasteiger partial charge in [0.15, 0.2) is 5.75 Å². The molecule has 3 heterocycles. The third-order valence-electron chi connectivity index (χ3n) is 13.7. The predicted octanol–water partition coefficient (Wildman–Crippen LogP) is 17.2. The lowest BCUT2D eigenvalue weighted by Gasteiger charge is -2.37. The molecular weight excluding hydrogens is 811 g/mol. The largest absolute Gasteiger partial charge is 0.455 e. The van der Waals surface area contributed by atoms with Gasteiger partial charge in [0.25, 0.3) is 0 Å². The SMILES string of the molecule is c1cc(-c2cccc3ccccc23)cc(N(c2ccc(-c3cccc4c3oc3ccccc34)cc2)c2ccc3c4c(sc3c2)C2(c3ccccc3O4)c3ccccc3-c3ccccc32)c1. The summed E-state index contributed by atoms with van der Waals surface area (Å²) in [7, 11) is 0. The minimum absolute atomic E-state index is 0.508. The lowest BCUT2D eigenvalue weighted by atomic mass is 9.69. The molecule has 0 amide bonds. The summed E-state index contributed by atoms with van der Waals surface area (Å²) in [6.45, 7) is 0. The number of fused-ring (bicyclic) bond motifs is 15. The number of nitrogens with zero attached hydrogens (tertiary/aromatic N) is 1. The van der Waals surface area contributed by atoms with Crippen LogP contribution in [-0.4, -0.2) is 0 Å². The Hall–Kier alpha value is -8.18. The molecule has 0 atom stereocenters. The molecule has 2 aliphatic rings. The van der Waals surface area contributed by atoms with Gasteiger partial charge >= 0.3 is 0 Å². The smallest absolute Gasteiger partial charge is 0.150 e. The molecular formula is C61H37NO2S. The van der Waals surface area contributed by atoms with E-state index in [4.69, 9.17) is 9.15 Å². The number of furan rings is 1. The maximum atomic E-state index is 7.01. The van der Waals surface area contributed by atoms with Crippen LogP contribution in [0.2, 0.25) is 0 Å². The number of benzene rings is 10. The monoisotopic (exact) mass is 847 g/mol. The van der Waals surface area contributed by atoms with Crippen LogP contribution in [0.3, 0.4) is 0 Å². The summed E-state index contributed by atoms with van der Waals surface area (Å²) in [5, 5.41) is 5.83. The van der Waals surface area contributed by atoms with E-state index in [1.54, 1.807) is 0 Å². The second-order valence-electron chi connectivity index (χ2n) is 17.1. The van der Waals surface area contributed by atoms with E-state index in [1.807, 2.05) is 23.5 Å². The molecule has 0 saturated carbocycles. The van der Waals surface area contributed by atoms with Gasteiger partial charge in [0.2, 0.25) is 0 Å². The Labute approximate surface area is 379 Å². The maximum absolute atomic E-state index is 7.01. The first-order valence-corrected chi connectivity index (χ1v) is 23.0. The topological polar surface area (TPSA) is 25.6 Å². The van der Waals surface area contributed by atoms with Gasteiger partial charge < -0.3 is 14.1 Å². The summed E-state index contributed by atoms with van der Waals surface area (Å²) in [6.07, 6.45) is 0. The number of para-hydroxylation sites is 3. The molecule has 12 aromatic rings. The predicted molar refractivity (Wildman–Crippen MR) is 270 cm³/mol. The van der Waals surface area contributed by atoms with Crippen LogP contribution < -0.4 is 9.64 Å². The van der Waals surface area contributed by atoms with E-state index in [1.165, 1.54) is 53.7 Å². The van der Waals surface area contributed by atoms with E-state index in [-0.39, 0.29) is 0 Å². The summed E-state index contributed by atoms with van der Waals surface area (Å²) >= 11 is 1.85. The Bertz CT molecular complexity index is 3840. The van der Waals surface area contributed by atoms with Crippen LogP contribution in [0.25, 0.3) is 76.2 Å². The van der Waals surface area contributed by atoms with E-state index in [9.17, 15) is 0 Å². The number of anilines is 3. The highest BCUT2D eigenvalue weighted by Crippen LogP contribution is 2.65. The molecule has 10 aromatic carbocycles. The van der Waals surface area contributed by atoms with Crippen molar-refractivity contribution < 1.29 is 9.15 Å². The summed E-state index contributed by atoms with van der Waals surface area (Å²) in [4.78, 5) is 3.61. The van der Waals surface area contributed by atoms with E-state index >= 15 is 0 Å². The molecule has 4 heteroatoms. The molecule has 0 unspecified atom stereocenters. The molecule has 2 aromatic heterocycles. The highest BCUT2D eigenvalue weighted by Gasteiger charge is 2.52. The second-order valence-corrected chi connectivity index (χ2v) is 18.2. The van der Waals surface area contributed by atoms with Gasteiger partial charge in [0, 0.05) is 49.0 Å². The fourth-order valence-corrected chi connectivity index (χ4v) is 12.3. The van der Waals surface area contributed by atoms with Crippen molar-refractivity contribution in [2.45, 2.75) is 5.41 Å². The van der Waals surface area contributed by atoms with E-state index in [2.05, 4.69) is 217 Å². The van der Waals surface area contributed by atoms with Gasteiger partial charge in [-0.15, -0.1) is 11.3 Å². The first-order valence-electron chi connectivity index (χ1n) is 22.2. The lowest BCUT2D eigenvalue weighted by Crippen LogP contribution is -2.30.